The lowest BCUT2D eigenvalue weighted by molar-refractivity contribution is -0.145. The van der Waals surface area contributed by atoms with Crippen molar-refractivity contribution in [3.05, 3.63) is 0 Å². The summed E-state index contributed by atoms with van der Waals surface area (Å²) in [5.41, 5.74) is -0.717. The van der Waals surface area contributed by atoms with E-state index in [1.807, 2.05) is 6.92 Å². The van der Waals surface area contributed by atoms with Crippen LogP contribution in [0.4, 0.5) is 0 Å². The molecule has 1 saturated carbocycles. The maximum Gasteiger partial charge on any atom is 0.323 e. The van der Waals surface area contributed by atoms with Crippen LogP contribution < -0.4 is 5.32 Å². The molecule has 0 heterocycles. The maximum absolute atomic E-state index is 11.7. The summed E-state index contributed by atoms with van der Waals surface area (Å²) in [7, 11) is 6.30. The van der Waals surface area contributed by atoms with Gasteiger partial charge in [0, 0.05) is 6.04 Å². The third kappa shape index (κ3) is 6.76. The second-order valence-corrected chi connectivity index (χ2v) is 6.72. The van der Waals surface area contributed by atoms with E-state index in [9.17, 15) is 9.90 Å². The van der Waals surface area contributed by atoms with Crippen molar-refractivity contribution in [1.82, 2.24) is 15.1 Å². The topological polar surface area (TPSA) is 55.8 Å². The normalized spacial score (nSPS) is 18.2. The Labute approximate surface area is 129 Å². The van der Waals surface area contributed by atoms with Gasteiger partial charge >= 0.3 is 5.97 Å². The smallest absolute Gasteiger partial charge is 0.323 e. The molecule has 0 saturated heterocycles. The van der Waals surface area contributed by atoms with E-state index in [4.69, 9.17) is 0 Å². The first kappa shape index (κ1) is 18.4. The number of aliphatic carboxylic acids is 1. The summed E-state index contributed by atoms with van der Waals surface area (Å²) in [6.45, 7) is 5.11. The first-order chi connectivity index (χ1) is 9.89. The van der Waals surface area contributed by atoms with Crippen molar-refractivity contribution in [2.45, 2.75) is 57.0 Å². The van der Waals surface area contributed by atoms with E-state index < -0.39 is 11.5 Å². The molecular weight excluding hydrogens is 266 g/mol. The molecular formula is C16H33N3O2. The van der Waals surface area contributed by atoms with Gasteiger partial charge < -0.3 is 14.9 Å². The van der Waals surface area contributed by atoms with Crippen LogP contribution in [-0.4, -0.2) is 73.2 Å². The molecule has 0 spiro atoms. The summed E-state index contributed by atoms with van der Waals surface area (Å²) in [5, 5.41) is 12.9. The van der Waals surface area contributed by atoms with E-state index in [0.717, 1.165) is 45.3 Å². The van der Waals surface area contributed by atoms with Crippen LogP contribution in [0.5, 0.6) is 0 Å². The molecule has 0 aliphatic heterocycles. The van der Waals surface area contributed by atoms with Gasteiger partial charge in [0.2, 0.25) is 0 Å². The summed E-state index contributed by atoms with van der Waals surface area (Å²) in [4.78, 5) is 16.2. The Morgan fingerprint density at radius 1 is 1.19 bits per heavy atom. The van der Waals surface area contributed by atoms with E-state index in [0.29, 0.717) is 18.9 Å². The molecule has 21 heavy (non-hydrogen) atoms. The zero-order valence-corrected chi connectivity index (χ0v) is 14.2. The summed E-state index contributed by atoms with van der Waals surface area (Å²) < 4.78 is 0. The van der Waals surface area contributed by atoms with Crippen molar-refractivity contribution in [3.63, 3.8) is 0 Å². The Bertz CT molecular complexity index is 319. The second-order valence-electron chi connectivity index (χ2n) is 6.72. The molecule has 1 unspecified atom stereocenters. The SMILES string of the molecule is CCC(CCCN(C)CCCN(C)C)(NC1CC1)C(=O)O. The fourth-order valence-electron chi connectivity index (χ4n) is 2.71. The number of carboxylic acid groups (broad SMARTS) is 1. The molecule has 124 valence electrons. The van der Waals surface area contributed by atoms with Crippen molar-refractivity contribution in [3.8, 4) is 0 Å². The van der Waals surface area contributed by atoms with Crippen molar-refractivity contribution < 1.29 is 9.90 Å². The van der Waals surface area contributed by atoms with Crippen LogP contribution in [0.3, 0.4) is 0 Å². The Morgan fingerprint density at radius 3 is 2.29 bits per heavy atom. The van der Waals surface area contributed by atoms with Crippen LogP contribution in [0.1, 0.15) is 45.4 Å². The monoisotopic (exact) mass is 299 g/mol. The van der Waals surface area contributed by atoms with Gasteiger partial charge in [0.25, 0.3) is 0 Å². The maximum atomic E-state index is 11.7. The van der Waals surface area contributed by atoms with Gasteiger partial charge in [-0.05, 0) is 79.3 Å². The summed E-state index contributed by atoms with van der Waals surface area (Å²) in [6.07, 6.45) is 5.70. The third-order valence-electron chi connectivity index (χ3n) is 4.36. The second kappa shape index (κ2) is 8.71. The molecule has 1 aliphatic carbocycles. The highest BCUT2D eigenvalue weighted by molar-refractivity contribution is 5.78. The minimum absolute atomic E-state index is 0.430. The van der Waals surface area contributed by atoms with E-state index in [-0.39, 0.29) is 0 Å². The average molecular weight is 299 g/mol. The molecule has 5 nitrogen and oxygen atoms in total. The van der Waals surface area contributed by atoms with Crippen LogP contribution >= 0.6 is 0 Å². The van der Waals surface area contributed by atoms with Gasteiger partial charge in [-0.1, -0.05) is 6.92 Å². The molecule has 5 heteroatoms. The Hall–Kier alpha value is -0.650. The number of nitrogens with zero attached hydrogens (tertiary/aromatic N) is 2. The Balaban J connectivity index is 2.30. The zero-order chi connectivity index (χ0) is 15.9. The van der Waals surface area contributed by atoms with Gasteiger partial charge in [-0.3, -0.25) is 10.1 Å². The van der Waals surface area contributed by atoms with Gasteiger partial charge in [-0.25, -0.2) is 0 Å². The fourth-order valence-corrected chi connectivity index (χ4v) is 2.71. The zero-order valence-electron chi connectivity index (χ0n) is 14.2. The molecule has 0 bridgehead atoms. The van der Waals surface area contributed by atoms with Gasteiger partial charge in [-0.15, -0.1) is 0 Å². The highest BCUT2D eigenvalue weighted by atomic mass is 16.4. The number of carboxylic acids is 1. The largest absolute Gasteiger partial charge is 0.480 e. The number of carbonyl (C=O) groups is 1. The van der Waals surface area contributed by atoms with E-state index >= 15 is 0 Å². The summed E-state index contributed by atoms with van der Waals surface area (Å²) in [5.74, 6) is -0.688. The molecule has 0 aromatic rings. The van der Waals surface area contributed by atoms with E-state index in [1.165, 1.54) is 0 Å². The van der Waals surface area contributed by atoms with E-state index in [2.05, 4.69) is 36.3 Å². The molecule has 0 amide bonds. The van der Waals surface area contributed by atoms with Crippen LogP contribution in [0.2, 0.25) is 0 Å². The van der Waals surface area contributed by atoms with E-state index in [1.54, 1.807) is 0 Å². The minimum atomic E-state index is -0.717. The van der Waals surface area contributed by atoms with Gasteiger partial charge in [0.1, 0.15) is 5.54 Å². The van der Waals surface area contributed by atoms with Crippen LogP contribution in [0.25, 0.3) is 0 Å². The lowest BCUT2D eigenvalue weighted by atomic mass is 9.90. The molecule has 0 radical (unpaired) electrons. The van der Waals surface area contributed by atoms with Crippen molar-refractivity contribution in [2.24, 2.45) is 0 Å². The first-order valence-electron chi connectivity index (χ1n) is 8.24. The fraction of sp³-hybridized carbons (Fsp3) is 0.938. The van der Waals surface area contributed by atoms with Gasteiger partial charge in [-0.2, -0.15) is 0 Å². The minimum Gasteiger partial charge on any atom is -0.480 e. The van der Waals surface area contributed by atoms with Gasteiger partial charge in [0.15, 0.2) is 0 Å². The predicted molar refractivity (Wildman–Crippen MR) is 86.7 cm³/mol. The molecule has 1 fully saturated rings. The lowest BCUT2D eigenvalue weighted by Gasteiger charge is -2.30. The molecule has 1 rings (SSSR count). The summed E-state index contributed by atoms with van der Waals surface area (Å²) >= 11 is 0. The first-order valence-corrected chi connectivity index (χ1v) is 8.24. The molecule has 0 aromatic heterocycles. The van der Waals surface area contributed by atoms with Gasteiger partial charge in [0.05, 0.1) is 0 Å². The highest BCUT2D eigenvalue weighted by Gasteiger charge is 2.40. The quantitative estimate of drug-likeness (QED) is 0.574. The van der Waals surface area contributed by atoms with Crippen LogP contribution in [0, 0.1) is 0 Å². The van der Waals surface area contributed by atoms with Crippen LogP contribution in [0.15, 0.2) is 0 Å². The highest BCUT2D eigenvalue weighted by Crippen LogP contribution is 2.27. The Kier molecular flexibility index (Phi) is 7.63. The summed E-state index contributed by atoms with van der Waals surface area (Å²) in [6, 6.07) is 0.430. The molecule has 1 aliphatic rings. The molecule has 2 N–H and O–H groups in total. The average Bonchev–Trinajstić information content (AvgIpc) is 3.20. The van der Waals surface area contributed by atoms with Crippen LogP contribution in [-0.2, 0) is 4.79 Å². The molecule has 1 atom stereocenters. The lowest BCUT2D eigenvalue weighted by Crippen LogP contribution is -2.53. The molecule has 0 aromatic carbocycles. The predicted octanol–water partition coefficient (Wildman–Crippen LogP) is 1.64. The number of nitrogens with one attached hydrogen (secondary N) is 1. The Morgan fingerprint density at radius 2 is 1.81 bits per heavy atom. The van der Waals surface area contributed by atoms with Crippen molar-refractivity contribution in [1.29, 1.82) is 0 Å². The number of hydrogen-bond acceptors (Lipinski definition) is 4. The van der Waals surface area contributed by atoms with Crippen molar-refractivity contribution >= 4 is 5.97 Å². The van der Waals surface area contributed by atoms with Crippen molar-refractivity contribution in [2.75, 3.05) is 40.8 Å². The standard InChI is InChI=1S/C16H33N3O2/c1-5-16(15(20)21,17-14-8-9-14)10-6-12-19(4)13-7-11-18(2)3/h14,17H,5-13H2,1-4H3,(H,20,21). The number of rotatable bonds is 12. The number of hydrogen-bond donors (Lipinski definition) is 2. The third-order valence-corrected chi connectivity index (χ3v) is 4.36.